The van der Waals surface area contributed by atoms with E-state index in [4.69, 9.17) is 4.99 Å². The second-order valence-electron chi connectivity index (χ2n) is 8.43. The van der Waals surface area contributed by atoms with Gasteiger partial charge in [0.25, 0.3) is 0 Å². The molecule has 0 radical (unpaired) electrons. The molecule has 0 saturated heterocycles. The van der Waals surface area contributed by atoms with E-state index in [1.807, 2.05) is 0 Å². The minimum absolute atomic E-state index is 0.716. The van der Waals surface area contributed by atoms with Gasteiger partial charge in [-0.15, -0.1) is 0 Å². The summed E-state index contributed by atoms with van der Waals surface area (Å²) in [6.07, 6.45) is 12.6. The van der Waals surface area contributed by atoms with Gasteiger partial charge in [0.1, 0.15) is 6.33 Å². The molecule has 0 atom stereocenters. The van der Waals surface area contributed by atoms with Crippen molar-refractivity contribution in [1.82, 2.24) is 14.9 Å². The summed E-state index contributed by atoms with van der Waals surface area (Å²) in [5.41, 5.74) is 5.03. The first kappa shape index (κ1) is 17.7. The van der Waals surface area contributed by atoms with Crippen LogP contribution in [0.4, 0.5) is 5.82 Å². The number of fused-ring (bicyclic) bond motifs is 2. The number of nitrogens with zero attached hydrogens (tertiary/aromatic N) is 4. The predicted molar refractivity (Wildman–Crippen MR) is 114 cm³/mol. The number of aromatic nitrogens is 2. The Labute approximate surface area is 166 Å². The van der Waals surface area contributed by atoms with E-state index in [9.17, 15) is 0 Å². The van der Waals surface area contributed by atoms with Crippen LogP contribution in [0.1, 0.15) is 63.1 Å². The quantitative estimate of drug-likeness (QED) is 0.808. The molecule has 3 aliphatic rings. The van der Waals surface area contributed by atoms with Gasteiger partial charge in [0, 0.05) is 30.4 Å². The lowest BCUT2D eigenvalue weighted by molar-refractivity contribution is 0.201. The zero-order valence-corrected chi connectivity index (χ0v) is 16.7. The van der Waals surface area contributed by atoms with Crippen LogP contribution in [0.5, 0.6) is 0 Å². The van der Waals surface area contributed by atoms with Crippen LogP contribution in [0.25, 0.3) is 11.6 Å². The molecule has 5 rings (SSSR count). The number of aliphatic imine (C=N–C) groups is 1. The lowest BCUT2D eigenvalue weighted by atomic mass is 10.00. The second kappa shape index (κ2) is 7.59. The van der Waals surface area contributed by atoms with Crippen LogP contribution < -0.4 is 10.4 Å². The van der Waals surface area contributed by atoms with Gasteiger partial charge in [-0.3, -0.25) is 4.90 Å². The summed E-state index contributed by atoms with van der Waals surface area (Å²) in [6, 6.07) is 9.39. The molecule has 28 heavy (non-hydrogen) atoms. The highest BCUT2D eigenvalue weighted by Crippen LogP contribution is 2.34. The normalized spacial score (nSPS) is 23.1. The lowest BCUT2D eigenvalue weighted by Crippen LogP contribution is -2.28. The highest BCUT2D eigenvalue weighted by atomic mass is 15.2. The summed E-state index contributed by atoms with van der Waals surface area (Å²) in [5, 5.41) is 2.63. The van der Waals surface area contributed by atoms with Gasteiger partial charge < -0.3 is 0 Å². The number of benzene rings is 1. The van der Waals surface area contributed by atoms with Crippen molar-refractivity contribution in [3.05, 3.63) is 52.3 Å². The van der Waals surface area contributed by atoms with Gasteiger partial charge in [-0.05, 0) is 55.5 Å². The Morgan fingerprint density at radius 3 is 2.75 bits per heavy atom. The Morgan fingerprint density at radius 1 is 1.00 bits per heavy atom. The SMILES string of the molecule is CC1=c2cccc/c2=C/C(=Nc2ncnc3c2CN(C2CCCC2)C3)CCC1. The smallest absolute Gasteiger partial charge is 0.160 e. The molecule has 0 N–H and O–H groups in total. The maximum Gasteiger partial charge on any atom is 0.160 e. The molecule has 4 heteroatoms. The molecule has 1 fully saturated rings. The van der Waals surface area contributed by atoms with Gasteiger partial charge in [-0.1, -0.05) is 42.7 Å². The number of hydrogen-bond donors (Lipinski definition) is 0. The molecule has 2 aromatic rings. The van der Waals surface area contributed by atoms with E-state index in [0.717, 1.165) is 43.9 Å². The summed E-state index contributed by atoms with van der Waals surface area (Å²) >= 11 is 0. The number of hydrogen-bond acceptors (Lipinski definition) is 4. The maximum atomic E-state index is 5.05. The van der Waals surface area contributed by atoms with Crippen molar-refractivity contribution in [3.8, 4) is 0 Å². The molecule has 0 unspecified atom stereocenters. The first-order chi connectivity index (χ1) is 13.8. The average Bonchev–Trinajstić information content (AvgIpc) is 3.37. The predicted octanol–water partition coefficient (Wildman–Crippen LogP) is 3.64. The van der Waals surface area contributed by atoms with Gasteiger partial charge in [-0.2, -0.15) is 0 Å². The van der Waals surface area contributed by atoms with Crippen molar-refractivity contribution >= 4 is 23.2 Å². The fraction of sp³-hybridized carbons (Fsp3) is 0.458. The molecule has 144 valence electrons. The summed E-state index contributed by atoms with van der Waals surface area (Å²) < 4.78 is 0. The maximum absolute atomic E-state index is 5.05. The minimum atomic E-state index is 0.716. The largest absolute Gasteiger partial charge is 0.290 e. The Balaban J connectivity index is 1.52. The van der Waals surface area contributed by atoms with Crippen molar-refractivity contribution in [2.24, 2.45) is 4.99 Å². The molecule has 0 amide bonds. The van der Waals surface area contributed by atoms with Gasteiger partial charge in [0.15, 0.2) is 5.82 Å². The van der Waals surface area contributed by atoms with E-state index in [1.54, 1.807) is 6.33 Å². The van der Waals surface area contributed by atoms with Crippen molar-refractivity contribution in [2.75, 3.05) is 0 Å². The van der Waals surface area contributed by atoms with Gasteiger partial charge in [-0.25, -0.2) is 15.0 Å². The molecule has 1 aromatic carbocycles. The molecule has 2 aliphatic carbocycles. The van der Waals surface area contributed by atoms with Crippen LogP contribution >= 0.6 is 0 Å². The molecule has 1 aromatic heterocycles. The topological polar surface area (TPSA) is 41.4 Å². The molecular formula is C24H28N4. The summed E-state index contributed by atoms with van der Waals surface area (Å²) in [7, 11) is 0. The van der Waals surface area contributed by atoms with E-state index in [2.05, 4.69) is 52.1 Å². The molecule has 4 nitrogen and oxygen atoms in total. The average molecular weight is 373 g/mol. The highest BCUT2D eigenvalue weighted by molar-refractivity contribution is 6.11. The zero-order valence-electron chi connectivity index (χ0n) is 16.7. The highest BCUT2D eigenvalue weighted by Gasteiger charge is 2.30. The standard InChI is InChI=1S/C24H28N4/c1-17-7-6-9-19(13-18-8-2-5-12-21(17)18)27-24-22-14-28(20-10-3-4-11-20)15-23(22)25-16-26-24/h2,5,8,12-13,16,20H,3-4,6-7,9-11,14-15H2,1H3/b18-13-,21-17?,27-19?. The fourth-order valence-corrected chi connectivity index (χ4v) is 4.97. The number of rotatable bonds is 2. The van der Waals surface area contributed by atoms with Crippen LogP contribution in [-0.4, -0.2) is 26.6 Å². The van der Waals surface area contributed by atoms with E-state index in [1.165, 1.54) is 53.0 Å². The summed E-state index contributed by atoms with van der Waals surface area (Å²) in [4.78, 5) is 16.8. The second-order valence-corrected chi connectivity index (χ2v) is 8.43. The van der Waals surface area contributed by atoms with E-state index >= 15 is 0 Å². The lowest BCUT2D eigenvalue weighted by Gasteiger charge is -2.22. The van der Waals surface area contributed by atoms with Crippen LogP contribution in [0.15, 0.2) is 35.6 Å². The molecule has 0 spiro atoms. The molecule has 1 saturated carbocycles. The van der Waals surface area contributed by atoms with Gasteiger partial charge in [0.05, 0.1) is 5.69 Å². The van der Waals surface area contributed by atoms with E-state index in [0.29, 0.717) is 6.04 Å². The molecular weight excluding hydrogens is 344 g/mol. The van der Waals surface area contributed by atoms with Crippen molar-refractivity contribution < 1.29 is 0 Å². The third-order valence-electron chi connectivity index (χ3n) is 6.54. The monoisotopic (exact) mass is 372 g/mol. The van der Waals surface area contributed by atoms with Crippen LogP contribution in [0.3, 0.4) is 0 Å². The van der Waals surface area contributed by atoms with E-state index < -0.39 is 0 Å². The van der Waals surface area contributed by atoms with Gasteiger partial charge >= 0.3 is 0 Å². The van der Waals surface area contributed by atoms with Crippen molar-refractivity contribution in [3.63, 3.8) is 0 Å². The summed E-state index contributed by atoms with van der Waals surface area (Å²) in [6.45, 7) is 4.17. The zero-order chi connectivity index (χ0) is 18.9. The van der Waals surface area contributed by atoms with Crippen molar-refractivity contribution in [1.29, 1.82) is 0 Å². The fourth-order valence-electron chi connectivity index (χ4n) is 4.97. The molecule has 2 heterocycles. The van der Waals surface area contributed by atoms with E-state index in [-0.39, 0.29) is 0 Å². The van der Waals surface area contributed by atoms with Crippen LogP contribution in [0, 0.1) is 0 Å². The summed E-state index contributed by atoms with van der Waals surface area (Å²) in [5.74, 6) is 0.885. The third kappa shape index (κ3) is 3.42. The minimum Gasteiger partial charge on any atom is -0.290 e. The third-order valence-corrected chi connectivity index (χ3v) is 6.54. The first-order valence-corrected chi connectivity index (χ1v) is 10.7. The van der Waals surface area contributed by atoms with Crippen LogP contribution in [-0.2, 0) is 13.1 Å². The van der Waals surface area contributed by atoms with Crippen LogP contribution in [0.2, 0.25) is 0 Å². The Hall–Kier alpha value is -2.33. The van der Waals surface area contributed by atoms with Crippen molar-refractivity contribution in [2.45, 2.75) is 71.0 Å². The first-order valence-electron chi connectivity index (χ1n) is 10.7. The van der Waals surface area contributed by atoms with Gasteiger partial charge in [0.2, 0.25) is 0 Å². The molecule has 0 bridgehead atoms. The Kier molecular flexibility index (Phi) is 4.81. The Bertz CT molecular complexity index is 1030. The Morgan fingerprint density at radius 2 is 1.86 bits per heavy atom. The molecule has 1 aliphatic heterocycles.